The van der Waals surface area contributed by atoms with Gasteiger partial charge in [-0.2, -0.15) is 0 Å². The Kier molecular flexibility index (Phi) is 8.22. The van der Waals surface area contributed by atoms with Gasteiger partial charge in [-0.25, -0.2) is 8.42 Å². The van der Waals surface area contributed by atoms with E-state index >= 15 is 0 Å². The fourth-order valence-electron chi connectivity index (χ4n) is 3.16. The first-order chi connectivity index (χ1) is 16.8. The first-order valence-electron chi connectivity index (χ1n) is 10.3. The van der Waals surface area contributed by atoms with E-state index in [9.17, 15) is 22.1 Å². The number of aromatic hydroxyl groups is 1. The molecule has 4 aromatic rings. The van der Waals surface area contributed by atoms with Gasteiger partial charge >= 0.3 is 94.8 Å². The summed E-state index contributed by atoms with van der Waals surface area (Å²) in [6.45, 7) is 1.29. The quantitative estimate of drug-likeness (QED) is 0.222. The van der Waals surface area contributed by atoms with E-state index in [1.807, 2.05) is 6.07 Å². The van der Waals surface area contributed by atoms with Crippen molar-refractivity contribution in [3.05, 3.63) is 77.9 Å². The Morgan fingerprint density at radius 2 is 1.72 bits per heavy atom. The second-order valence-electron chi connectivity index (χ2n) is 7.58. The molecular weight excluding hydrogens is 573 g/mol. The van der Waals surface area contributed by atoms with Crippen molar-refractivity contribution in [1.82, 2.24) is 4.98 Å². The Labute approximate surface area is 215 Å². The minimum Gasteiger partial charge on any atom is -0.360 e. The maximum Gasteiger partial charge on any atom is 0.261 e. The second-order valence-corrected chi connectivity index (χ2v) is 13.0. The minimum atomic E-state index is -5.00. The molecule has 3 aromatic carbocycles. The summed E-state index contributed by atoms with van der Waals surface area (Å²) in [5.41, 5.74) is 1.32. The van der Waals surface area contributed by atoms with Crippen LogP contribution in [0.2, 0.25) is 5.02 Å². The number of aromatic nitrogens is 1. The maximum atomic E-state index is 12.3. The van der Waals surface area contributed by atoms with Crippen LogP contribution in [-0.4, -0.2) is 53.8 Å². The van der Waals surface area contributed by atoms with E-state index in [2.05, 4.69) is 9.71 Å². The van der Waals surface area contributed by atoms with Crippen molar-refractivity contribution in [2.75, 3.05) is 16.7 Å². The van der Waals surface area contributed by atoms with Crippen LogP contribution < -0.4 is 14.0 Å². The summed E-state index contributed by atoms with van der Waals surface area (Å²) in [6, 6.07) is 16.9. The molecule has 5 N–H and O–H groups in total. The molecule has 1 amide bonds. The molecule has 0 atom stereocenters. The zero-order chi connectivity index (χ0) is 26.7. The summed E-state index contributed by atoms with van der Waals surface area (Å²) < 4.78 is 56.1. The number of fused-ring (bicyclic) bond motifs is 1. The van der Waals surface area contributed by atoms with Gasteiger partial charge in [-0.1, -0.05) is 35.9 Å². The van der Waals surface area contributed by atoms with Crippen molar-refractivity contribution in [2.45, 2.75) is 11.8 Å². The third kappa shape index (κ3) is 6.31. The Morgan fingerprint density at radius 1 is 1.06 bits per heavy atom. The smallest absolute Gasteiger partial charge is 0.261 e. The van der Waals surface area contributed by atoms with Crippen molar-refractivity contribution in [3.63, 3.8) is 0 Å². The number of aromatic amines is 1. The van der Waals surface area contributed by atoms with Gasteiger partial charge in [0.1, 0.15) is 0 Å². The molecule has 4 rings (SSSR count). The number of halogens is 1. The Morgan fingerprint density at radius 3 is 2.33 bits per heavy atom. The predicted octanol–water partition coefficient (Wildman–Crippen LogP) is 2.56. The van der Waals surface area contributed by atoms with E-state index in [0.29, 0.717) is 16.1 Å². The Balaban J connectivity index is 0.000000207. The molecule has 13 heteroatoms. The monoisotopic (exact) mass is 595 g/mol. The average Bonchev–Trinajstić information content (AvgIpc) is 3.21. The standard InChI is InChI=1S/C14H11ClN2O2S.C9H12AsNO5/c15-11-9-16-12-7-4-8-13(14(11)12)17-20(18,19)10-5-2-1-3-6-10;1-6(12)11(2)8-5-7(10(14,15)16)3-4-9(8)13/h1-9,16-17H;3-5,13H,1-2H3,(H2,14,15,16). The van der Waals surface area contributed by atoms with Crippen molar-refractivity contribution < 1.29 is 30.2 Å². The van der Waals surface area contributed by atoms with Crippen molar-refractivity contribution in [1.29, 1.82) is 0 Å². The largest absolute Gasteiger partial charge is 0.360 e. The number of carbonyl (C=O) groups is 1. The number of sulfonamides is 1. The molecule has 0 saturated heterocycles. The molecule has 0 aliphatic carbocycles. The van der Waals surface area contributed by atoms with Crippen LogP contribution in [0, 0.1) is 0 Å². The molecule has 0 radical (unpaired) electrons. The van der Waals surface area contributed by atoms with E-state index in [-0.39, 0.29) is 26.6 Å². The molecule has 1 aromatic heterocycles. The number of nitrogens with one attached hydrogen (secondary N) is 2. The Bertz CT molecular complexity index is 1550. The molecule has 0 fully saturated rings. The summed E-state index contributed by atoms with van der Waals surface area (Å²) >= 11 is 1.08. The summed E-state index contributed by atoms with van der Waals surface area (Å²) in [7, 11) is -2.21. The van der Waals surface area contributed by atoms with Crippen LogP contribution >= 0.6 is 11.6 Å². The molecule has 0 aliphatic rings. The number of amides is 1. The van der Waals surface area contributed by atoms with Gasteiger partial charge in [0.05, 0.1) is 15.6 Å². The number of nitrogens with zero attached hydrogens (tertiary/aromatic N) is 1. The van der Waals surface area contributed by atoms with Gasteiger partial charge in [0.15, 0.2) is 0 Å². The van der Waals surface area contributed by atoms with Crippen LogP contribution in [0.25, 0.3) is 10.9 Å². The summed E-state index contributed by atoms with van der Waals surface area (Å²) in [5.74, 6) is -0.546. The number of rotatable bonds is 5. The molecule has 0 aliphatic heterocycles. The number of hydrogen-bond acceptors (Lipinski definition) is 5. The molecule has 190 valence electrons. The summed E-state index contributed by atoms with van der Waals surface area (Å²) in [5, 5.41) is 10.6. The van der Waals surface area contributed by atoms with E-state index in [0.717, 1.165) is 28.6 Å². The van der Waals surface area contributed by atoms with Crippen molar-refractivity contribution >= 4 is 68.3 Å². The van der Waals surface area contributed by atoms with Gasteiger partial charge in [-0.3, -0.25) is 4.72 Å². The van der Waals surface area contributed by atoms with Crippen LogP contribution in [0.3, 0.4) is 0 Å². The van der Waals surface area contributed by atoms with Crippen LogP contribution in [0.4, 0.5) is 11.4 Å². The van der Waals surface area contributed by atoms with Gasteiger partial charge in [0, 0.05) is 17.1 Å². The number of anilines is 2. The minimum absolute atomic E-state index is 0.0785. The first-order valence-corrected chi connectivity index (χ1v) is 15.5. The van der Waals surface area contributed by atoms with Crippen molar-refractivity contribution in [2.24, 2.45) is 0 Å². The van der Waals surface area contributed by atoms with Gasteiger partial charge in [-0.15, -0.1) is 0 Å². The number of carbonyl (C=O) groups excluding carboxylic acids is 1. The fourth-order valence-corrected chi connectivity index (χ4v) is 5.69. The average molecular weight is 596 g/mol. The topological polar surface area (TPSA) is 160 Å². The molecule has 0 saturated carbocycles. The number of H-pyrrole nitrogens is 1. The summed E-state index contributed by atoms with van der Waals surface area (Å²) in [4.78, 5) is 15.4. The van der Waals surface area contributed by atoms with E-state index in [1.165, 1.54) is 14.0 Å². The van der Waals surface area contributed by atoms with Gasteiger partial charge in [-0.05, 0) is 24.3 Å². The van der Waals surface area contributed by atoms with E-state index in [4.69, 9.17) is 19.8 Å². The zero-order valence-corrected chi connectivity index (χ0v) is 22.5. The normalized spacial score (nSPS) is 11.5. The fraction of sp³-hybridized carbons (Fsp3) is 0.0870. The van der Waals surface area contributed by atoms with E-state index in [1.54, 1.807) is 48.7 Å². The van der Waals surface area contributed by atoms with Crippen LogP contribution in [0.5, 0.6) is 5.75 Å². The second kappa shape index (κ2) is 10.8. The van der Waals surface area contributed by atoms with Gasteiger partial charge < -0.3 is 4.98 Å². The predicted molar refractivity (Wildman–Crippen MR) is 138 cm³/mol. The van der Waals surface area contributed by atoms with Gasteiger partial charge in [0.25, 0.3) is 10.0 Å². The summed E-state index contributed by atoms with van der Waals surface area (Å²) in [6.07, 6.45) is 1.63. The van der Waals surface area contributed by atoms with Crippen LogP contribution in [0.1, 0.15) is 6.92 Å². The molecule has 0 unspecified atom stereocenters. The van der Waals surface area contributed by atoms with Gasteiger partial charge in [0.2, 0.25) is 0 Å². The maximum absolute atomic E-state index is 12.3. The number of benzene rings is 3. The molecule has 1 heterocycles. The van der Waals surface area contributed by atoms with Crippen molar-refractivity contribution in [3.8, 4) is 5.75 Å². The van der Waals surface area contributed by atoms with Crippen LogP contribution in [-0.2, 0) is 18.6 Å². The van der Waals surface area contributed by atoms with E-state index < -0.39 is 24.2 Å². The third-order valence-electron chi connectivity index (χ3n) is 5.08. The number of hydrogen-bond donors (Lipinski definition) is 5. The first kappa shape index (κ1) is 27.4. The third-order valence-corrected chi connectivity index (χ3v) is 8.76. The van der Waals surface area contributed by atoms with Crippen LogP contribution in [0.15, 0.2) is 77.8 Å². The Hall–Kier alpha value is -3.21. The SMILES string of the molecule is CC(=O)N(C)c1cc([As](=O)(O)O)ccc1O.O=S(=O)(Nc1cccc2[nH]cc(Cl)c12)c1ccccc1. The molecule has 10 nitrogen and oxygen atoms in total. The molecule has 36 heavy (non-hydrogen) atoms. The zero-order valence-electron chi connectivity index (χ0n) is 19.1. The molecule has 0 bridgehead atoms. The number of phenolic OH excluding ortho intramolecular Hbond substituents is 1. The molecular formula is C23H23AsClN3O7S. The number of phenols is 1. The molecule has 0 spiro atoms.